The molecule has 0 amide bonds. The summed E-state index contributed by atoms with van der Waals surface area (Å²) in [7, 11) is 3.10. The van der Waals surface area contributed by atoms with Gasteiger partial charge in [0.15, 0.2) is 11.5 Å². The summed E-state index contributed by atoms with van der Waals surface area (Å²) in [5.41, 5.74) is 10.2. The van der Waals surface area contributed by atoms with Crippen LogP contribution in [0.15, 0.2) is 35.6 Å². The lowest BCUT2D eigenvalue weighted by atomic mass is 10.1. The molecule has 0 saturated carbocycles. The highest BCUT2D eigenvalue weighted by Crippen LogP contribution is 2.40. The van der Waals surface area contributed by atoms with E-state index in [1.54, 1.807) is 19.2 Å². The first kappa shape index (κ1) is 38.0. The van der Waals surface area contributed by atoms with E-state index in [-0.39, 0.29) is 0 Å². The Balaban J connectivity index is 1.19. The lowest BCUT2D eigenvalue weighted by molar-refractivity contribution is 0.00899. The maximum absolute atomic E-state index is 9.83. The lowest BCUT2D eigenvalue weighted by Crippen LogP contribution is -2.47. The van der Waals surface area contributed by atoms with Crippen LogP contribution in [0.5, 0.6) is 17.2 Å². The Bertz CT molecular complexity index is 1600. The molecule has 0 aliphatic carbocycles. The standard InChI is InChI=1S/C33H42Cl2N8O6/c1-44-30-21-29(26(34)19-27(30)35)40-33-24(22-36)23-38-28-20-32(31(45-2)18-25(28)33)49-11-3-5-42-6-8-43(9-7-42)10-13-47-15-17-48-16-14-46-12-4-39-41-37/h18-21,23H,3-17H2,1-2H3,(H,38,40). The third-order valence-electron chi connectivity index (χ3n) is 7.81. The molecule has 0 spiro atoms. The predicted molar refractivity (Wildman–Crippen MR) is 189 cm³/mol. The predicted octanol–water partition coefficient (Wildman–Crippen LogP) is 5.92. The van der Waals surface area contributed by atoms with Crippen LogP contribution in [0, 0.1) is 11.3 Å². The highest BCUT2D eigenvalue weighted by Gasteiger charge is 2.18. The zero-order chi connectivity index (χ0) is 34.8. The number of anilines is 2. The Hall–Kier alpha value is -3.77. The quantitative estimate of drug-likeness (QED) is 0.0603. The molecule has 2 heterocycles. The third kappa shape index (κ3) is 11.7. The highest BCUT2D eigenvalue weighted by molar-refractivity contribution is 6.37. The minimum atomic E-state index is 0.330. The van der Waals surface area contributed by atoms with Gasteiger partial charge in [-0.05, 0) is 24.1 Å². The number of benzene rings is 2. The van der Waals surface area contributed by atoms with E-state index in [1.165, 1.54) is 13.3 Å². The molecule has 0 unspecified atom stereocenters. The first-order valence-corrected chi connectivity index (χ1v) is 16.8. The molecule has 16 heteroatoms. The number of piperazine rings is 1. The van der Waals surface area contributed by atoms with Gasteiger partial charge in [0.25, 0.3) is 0 Å². The fourth-order valence-electron chi connectivity index (χ4n) is 5.20. The molecule has 1 fully saturated rings. The Morgan fingerprint density at radius 2 is 1.53 bits per heavy atom. The van der Waals surface area contributed by atoms with Gasteiger partial charge in [-0.25, -0.2) is 0 Å². The van der Waals surface area contributed by atoms with Gasteiger partial charge in [-0.2, -0.15) is 5.26 Å². The molecule has 1 aromatic heterocycles. The molecule has 1 aliphatic rings. The summed E-state index contributed by atoms with van der Waals surface area (Å²) in [6.07, 6.45) is 2.37. The fourth-order valence-corrected chi connectivity index (χ4v) is 5.71. The minimum absolute atomic E-state index is 0.330. The van der Waals surface area contributed by atoms with E-state index in [1.807, 2.05) is 12.1 Å². The number of nitrogens with one attached hydrogen (secondary N) is 1. The SMILES string of the molecule is COc1cc(Nc2c(C#N)cnc3cc(OCCCN4CCN(CCOCCOCCOCCN=[N+]=[N-])CC4)c(OC)cc23)c(Cl)cc1Cl. The van der Waals surface area contributed by atoms with Crippen LogP contribution in [0.25, 0.3) is 21.3 Å². The zero-order valence-electron chi connectivity index (χ0n) is 27.8. The largest absolute Gasteiger partial charge is 0.495 e. The molecule has 14 nitrogen and oxygen atoms in total. The molecule has 1 saturated heterocycles. The van der Waals surface area contributed by atoms with E-state index in [9.17, 15) is 5.26 Å². The molecule has 3 aromatic rings. The highest BCUT2D eigenvalue weighted by atomic mass is 35.5. The average molecular weight is 718 g/mol. The van der Waals surface area contributed by atoms with Crippen molar-refractivity contribution >= 4 is 45.5 Å². The number of nitrogens with zero attached hydrogens (tertiary/aromatic N) is 7. The van der Waals surface area contributed by atoms with Crippen molar-refractivity contribution in [2.24, 2.45) is 5.11 Å². The third-order valence-corrected chi connectivity index (χ3v) is 8.42. The van der Waals surface area contributed by atoms with Gasteiger partial charge in [0.2, 0.25) is 0 Å². The van der Waals surface area contributed by atoms with Crippen molar-refractivity contribution in [2.45, 2.75) is 6.42 Å². The van der Waals surface area contributed by atoms with Crippen LogP contribution in [-0.4, -0.2) is 121 Å². The van der Waals surface area contributed by atoms with Crippen molar-refractivity contribution < 1.29 is 28.4 Å². The van der Waals surface area contributed by atoms with Gasteiger partial charge in [0.1, 0.15) is 11.8 Å². The molecule has 4 rings (SSSR count). The minimum Gasteiger partial charge on any atom is -0.495 e. The second kappa shape index (κ2) is 20.7. The first-order chi connectivity index (χ1) is 24.0. The smallest absolute Gasteiger partial charge is 0.163 e. The van der Waals surface area contributed by atoms with Crippen molar-refractivity contribution in [3.63, 3.8) is 0 Å². The molecule has 0 atom stereocenters. The number of halogens is 2. The van der Waals surface area contributed by atoms with Crippen molar-refractivity contribution in [1.29, 1.82) is 5.26 Å². The van der Waals surface area contributed by atoms with E-state index in [0.717, 1.165) is 45.7 Å². The summed E-state index contributed by atoms with van der Waals surface area (Å²) in [5, 5.41) is 17.9. The number of aromatic nitrogens is 1. The van der Waals surface area contributed by atoms with Crippen molar-refractivity contribution in [1.82, 2.24) is 14.8 Å². The van der Waals surface area contributed by atoms with Crippen molar-refractivity contribution in [3.8, 4) is 23.3 Å². The van der Waals surface area contributed by atoms with Gasteiger partial charge in [-0.1, -0.05) is 28.3 Å². The van der Waals surface area contributed by atoms with Crippen LogP contribution in [0.2, 0.25) is 10.0 Å². The van der Waals surface area contributed by atoms with Crippen LogP contribution < -0.4 is 19.5 Å². The number of ether oxygens (including phenoxy) is 6. The van der Waals surface area contributed by atoms with E-state index >= 15 is 0 Å². The van der Waals surface area contributed by atoms with Crippen LogP contribution in [-0.2, 0) is 14.2 Å². The number of nitriles is 1. The van der Waals surface area contributed by atoms with Gasteiger partial charge in [0, 0.05) is 74.4 Å². The Morgan fingerprint density at radius 3 is 2.20 bits per heavy atom. The number of methoxy groups -OCH3 is 2. The maximum atomic E-state index is 9.83. The summed E-state index contributed by atoms with van der Waals surface area (Å²) >= 11 is 12.7. The normalized spacial score (nSPS) is 13.5. The molecule has 1 N–H and O–H groups in total. The maximum Gasteiger partial charge on any atom is 0.163 e. The van der Waals surface area contributed by atoms with Gasteiger partial charge < -0.3 is 38.6 Å². The number of azide groups is 1. The Morgan fingerprint density at radius 1 is 0.857 bits per heavy atom. The molecule has 0 radical (unpaired) electrons. The second-order valence-corrected chi connectivity index (χ2v) is 11.8. The lowest BCUT2D eigenvalue weighted by Gasteiger charge is -2.34. The Kier molecular flexibility index (Phi) is 16.0. The van der Waals surface area contributed by atoms with Gasteiger partial charge in [0.05, 0.1) is 93.0 Å². The van der Waals surface area contributed by atoms with E-state index in [0.29, 0.717) is 108 Å². The zero-order valence-corrected chi connectivity index (χ0v) is 29.3. The number of fused-ring (bicyclic) bond motifs is 1. The number of rotatable bonds is 21. The van der Waals surface area contributed by atoms with Gasteiger partial charge >= 0.3 is 0 Å². The Labute approximate surface area is 296 Å². The van der Waals surface area contributed by atoms with Crippen LogP contribution in [0.1, 0.15) is 12.0 Å². The van der Waals surface area contributed by atoms with Crippen molar-refractivity contribution in [3.05, 3.63) is 56.5 Å². The summed E-state index contributed by atoms with van der Waals surface area (Å²) < 4.78 is 33.7. The summed E-state index contributed by atoms with van der Waals surface area (Å²) in [6, 6.07) is 9.09. The molecule has 264 valence electrons. The van der Waals surface area contributed by atoms with Crippen LogP contribution >= 0.6 is 23.2 Å². The number of hydrogen-bond acceptors (Lipinski definition) is 12. The summed E-state index contributed by atoms with van der Waals surface area (Å²) in [4.78, 5) is 12.0. The molecule has 0 bridgehead atoms. The monoisotopic (exact) mass is 716 g/mol. The second-order valence-electron chi connectivity index (χ2n) is 10.9. The van der Waals surface area contributed by atoms with E-state index < -0.39 is 0 Å². The number of hydrogen-bond donors (Lipinski definition) is 1. The van der Waals surface area contributed by atoms with E-state index in [4.69, 9.17) is 57.2 Å². The van der Waals surface area contributed by atoms with Gasteiger partial charge in [-0.15, -0.1) is 0 Å². The van der Waals surface area contributed by atoms with Crippen molar-refractivity contribution in [2.75, 3.05) is 112 Å². The molecule has 1 aliphatic heterocycles. The average Bonchev–Trinajstić information content (AvgIpc) is 3.12. The summed E-state index contributed by atoms with van der Waals surface area (Å²) in [5.74, 6) is 1.56. The molecule has 2 aromatic carbocycles. The van der Waals surface area contributed by atoms with Gasteiger partial charge in [-0.3, -0.25) is 9.88 Å². The topological polar surface area (TPSA) is 159 Å². The number of pyridine rings is 1. The summed E-state index contributed by atoms with van der Waals surface area (Å²) in [6.45, 7) is 9.72. The molecular weight excluding hydrogens is 675 g/mol. The first-order valence-electron chi connectivity index (χ1n) is 16.0. The van der Waals surface area contributed by atoms with Crippen LogP contribution in [0.4, 0.5) is 11.4 Å². The molecular formula is C33H42Cl2N8O6. The van der Waals surface area contributed by atoms with E-state index in [2.05, 4.69) is 36.2 Å². The fraction of sp³-hybridized carbons (Fsp3) is 0.515. The molecule has 49 heavy (non-hydrogen) atoms. The van der Waals surface area contributed by atoms with Crippen LogP contribution in [0.3, 0.4) is 0 Å².